The third-order valence-electron chi connectivity index (χ3n) is 3.58. The molecule has 2 aromatic heterocycles. The number of aromatic nitrogens is 2. The molecule has 3 rings (SSSR count). The van der Waals surface area contributed by atoms with Crippen molar-refractivity contribution in [1.82, 2.24) is 14.7 Å². The number of thiazole rings is 1. The number of amides is 1. The quantitative estimate of drug-likeness (QED) is 0.733. The zero-order valence-corrected chi connectivity index (χ0v) is 13.9. The predicted molar refractivity (Wildman–Crippen MR) is 92.6 cm³/mol. The van der Waals surface area contributed by atoms with Gasteiger partial charge in [-0.05, 0) is 12.5 Å². The number of nitrogens with zero attached hydrogens (tertiary/aromatic N) is 2. The number of carbonyl (C=O) groups is 1. The summed E-state index contributed by atoms with van der Waals surface area (Å²) < 4.78 is 1.37. The second-order valence-electron chi connectivity index (χ2n) is 5.52. The van der Waals surface area contributed by atoms with Gasteiger partial charge in [-0.2, -0.15) is 0 Å². The van der Waals surface area contributed by atoms with E-state index in [0.29, 0.717) is 11.4 Å². The van der Waals surface area contributed by atoms with Crippen LogP contribution in [-0.4, -0.2) is 33.0 Å². The molecule has 1 amide bonds. The van der Waals surface area contributed by atoms with E-state index in [-0.39, 0.29) is 12.1 Å². The Labute approximate surface area is 142 Å². The molecule has 1 unspecified atom stereocenters. The predicted octanol–water partition coefficient (Wildman–Crippen LogP) is 1.40. The fourth-order valence-electron chi connectivity index (χ4n) is 2.42. The molecule has 0 aliphatic rings. The fourth-order valence-corrected chi connectivity index (χ4v) is 3.20. The summed E-state index contributed by atoms with van der Waals surface area (Å²) in [6, 6.07) is 9.51. The summed E-state index contributed by atoms with van der Waals surface area (Å²) in [6.07, 6.45) is 2.66. The molecule has 0 bridgehead atoms. The number of nitrogens with one attached hydrogen (secondary N) is 1. The number of carbonyl (C=O) groups excluding carboxylic acids is 1. The number of aryl methyl sites for hydroxylation is 1. The van der Waals surface area contributed by atoms with Crippen LogP contribution < -0.4 is 10.9 Å². The third kappa shape index (κ3) is 3.52. The average Bonchev–Trinajstić information content (AvgIpc) is 2.95. The normalized spacial score (nSPS) is 12.2. The number of aliphatic hydroxyl groups is 1. The molecule has 0 radical (unpaired) electrons. The van der Waals surface area contributed by atoms with Gasteiger partial charge in [0.1, 0.15) is 5.56 Å². The third-order valence-corrected chi connectivity index (χ3v) is 4.49. The van der Waals surface area contributed by atoms with Crippen molar-refractivity contribution in [3.8, 4) is 0 Å². The molecule has 3 aromatic rings. The molecule has 0 aliphatic carbocycles. The Hall–Kier alpha value is -2.51. The van der Waals surface area contributed by atoms with E-state index in [4.69, 9.17) is 0 Å². The Bertz CT molecular complexity index is 918. The van der Waals surface area contributed by atoms with Crippen molar-refractivity contribution in [2.75, 3.05) is 6.54 Å². The first-order chi connectivity index (χ1) is 11.5. The van der Waals surface area contributed by atoms with Gasteiger partial charge in [0.25, 0.3) is 11.5 Å². The Balaban J connectivity index is 1.67. The van der Waals surface area contributed by atoms with Crippen LogP contribution in [0.2, 0.25) is 0 Å². The summed E-state index contributed by atoms with van der Waals surface area (Å²) in [5, 5.41) is 12.6. The summed E-state index contributed by atoms with van der Waals surface area (Å²) in [5.74, 6) is -0.530. The molecule has 0 spiro atoms. The lowest BCUT2D eigenvalue weighted by atomic mass is 10.1. The van der Waals surface area contributed by atoms with E-state index in [0.717, 1.165) is 10.4 Å². The SMILES string of the molecule is Cc1cn2c(=O)c(C(=O)NCC(O)Cc3ccccc3)cnc2s1. The van der Waals surface area contributed by atoms with Crippen molar-refractivity contribution < 1.29 is 9.90 Å². The van der Waals surface area contributed by atoms with Crippen LogP contribution in [0.1, 0.15) is 20.8 Å². The zero-order chi connectivity index (χ0) is 17.1. The maximum Gasteiger partial charge on any atom is 0.271 e. The van der Waals surface area contributed by atoms with Gasteiger partial charge in [-0.3, -0.25) is 14.0 Å². The molecule has 0 aliphatic heterocycles. The van der Waals surface area contributed by atoms with E-state index in [1.54, 1.807) is 6.20 Å². The molecule has 2 N–H and O–H groups in total. The number of fused-ring (bicyclic) bond motifs is 1. The first-order valence-corrected chi connectivity index (χ1v) is 8.34. The molecule has 0 fully saturated rings. The highest BCUT2D eigenvalue weighted by molar-refractivity contribution is 7.16. The molecule has 124 valence electrons. The zero-order valence-electron chi connectivity index (χ0n) is 13.1. The molecule has 7 heteroatoms. The van der Waals surface area contributed by atoms with Gasteiger partial charge < -0.3 is 10.4 Å². The Morgan fingerprint density at radius 3 is 2.88 bits per heavy atom. The topological polar surface area (TPSA) is 83.7 Å². The molecule has 2 heterocycles. The largest absolute Gasteiger partial charge is 0.391 e. The number of benzene rings is 1. The second-order valence-corrected chi connectivity index (χ2v) is 6.74. The van der Waals surface area contributed by atoms with Crippen molar-refractivity contribution in [1.29, 1.82) is 0 Å². The van der Waals surface area contributed by atoms with Gasteiger partial charge in [0, 0.05) is 30.2 Å². The lowest BCUT2D eigenvalue weighted by Gasteiger charge is -2.11. The van der Waals surface area contributed by atoms with Crippen LogP contribution in [0.5, 0.6) is 0 Å². The van der Waals surface area contributed by atoms with Crippen molar-refractivity contribution in [2.45, 2.75) is 19.4 Å². The van der Waals surface area contributed by atoms with Crippen molar-refractivity contribution in [3.63, 3.8) is 0 Å². The molecular formula is C17H17N3O3S. The summed E-state index contributed by atoms with van der Waals surface area (Å²) >= 11 is 1.39. The summed E-state index contributed by atoms with van der Waals surface area (Å²) in [7, 11) is 0. The van der Waals surface area contributed by atoms with Gasteiger partial charge in [-0.1, -0.05) is 30.3 Å². The van der Waals surface area contributed by atoms with Crippen LogP contribution in [0.4, 0.5) is 0 Å². The van der Waals surface area contributed by atoms with Gasteiger partial charge in [0.05, 0.1) is 6.10 Å². The van der Waals surface area contributed by atoms with Crippen LogP contribution in [-0.2, 0) is 6.42 Å². The summed E-state index contributed by atoms with van der Waals surface area (Å²) in [6.45, 7) is 1.94. The number of aliphatic hydroxyl groups excluding tert-OH is 1. The molecule has 0 saturated carbocycles. The van der Waals surface area contributed by atoms with Gasteiger partial charge in [-0.15, -0.1) is 11.3 Å². The van der Waals surface area contributed by atoms with E-state index in [1.807, 2.05) is 37.3 Å². The van der Waals surface area contributed by atoms with Crippen LogP contribution in [0, 0.1) is 6.92 Å². The molecular weight excluding hydrogens is 326 g/mol. The van der Waals surface area contributed by atoms with Gasteiger partial charge in [-0.25, -0.2) is 4.98 Å². The molecule has 1 aromatic carbocycles. The Kier molecular flexibility index (Phi) is 4.73. The highest BCUT2D eigenvalue weighted by Crippen LogP contribution is 2.12. The van der Waals surface area contributed by atoms with Crippen molar-refractivity contribution in [3.05, 3.63) is 69.1 Å². The maximum absolute atomic E-state index is 12.3. The van der Waals surface area contributed by atoms with E-state index in [9.17, 15) is 14.7 Å². The molecule has 6 nitrogen and oxygen atoms in total. The monoisotopic (exact) mass is 343 g/mol. The van der Waals surface area contributed by atoms with Crippen molar-refractivity contribution >= 4 is 22.2 Å². The standard InChI is InChI=1S/C17H17N3O3S/c1-11-10-20-16(23)14(9-19-17(20)24-11)15(22)18-8-13(21)7-12-5-3-2-4-6-12/h2-6,9-10,13,21H,7-8H2,1H3,(H,18,22). The van der Waals surface area contributed by atoms with E-state index in [1.165, 1.54) is 21.9 Å². The van der Waals surface area contributed by atoms with E-state index in [2.05, 4.69) is 10.3 Å². The summed E-state index contributed by atoms with van der Waals surface area (Å²) in [5.41, 5.74) is 0.549. The lowest BCUT2D eigenvalue weighted by Crippen LogP contribution is -2.36. The minimum Gasteiger partial charge on any atom is -0.391 e. The van der Waals surface area contributed by atoms with Crippen LogP contribution in [0.15, 0.2) is 47.5 Å². The highest BCUT2D eigenvalue weighted by atomic mass is 32.1. The Morgan fingerprint density at radius 2 is 2.12 bits per heavy atom. The van der Waals surface area contributed by atoms with E-state index < -0.39 is 17.6 Å². The van der Waals surface area contributed by atoms with Gasteiger partial charge >= 0.3 is 0 Å². The molecule has 24 heavy (non-hydrogen) atoms. The smallest absolute Gasteiger partial charge is 0.271 e. The summed E-state index contributed by atoms with van der Waals surface area (Å²) in [4.78, 5) is 30.2. The molecule has 0 saturated heterocycles. The van der Waals surface area contributed by atoms with E-state index >= 15 is 0 Å². The first kappa shape index (κ1) is 16.4. The van der Waals surface area contributed by atoms with Crippen molar-refractivity contribution in [2.24, 2.45) is 0 Å². The van der Waals surface area contributed by atoms with Crippen LogP contribution >= 0.6 is 11.3 Å². The van der Waals surface area contributed by atoms with Crippen LogP contribution in [0.3, 0.4) is 0 Å². The maximum atomic E-state index is 12.3. The first-order valence-electron chi connectivity index (χ1n) is 7.52. The Morgan fingerprint density at radius 1 is 1.38 bits per heavy atom. The van der Waals surface area contributed by atoms with Gasteiger partial charge in [0.15, 0.2) is 4.96 Å². The number of hydrogen-bond acceptors (Lipinski definition) is 5. The minimum absolute atomic E-state index is 0.0304. The average molecular weight is 343 g/mol. The lowest BCUT2D eigenvalue weighted by molar-refractivity contribution is 0.0914. The fraction of sp³-hybridized carbons (Fsp3) is 0.235. The molecule has 1 atom stereocenters. The van der Waals surface area contributed by atoms with Gasteiger partial charge in [0.2, 0.25) is 0 Å². The highest BCUT2D eigenvalue weighted by Gasteiger charge is 2.15. The number of hydrogen-bond donors (Lipinski definition) is 2. The number of rotatable bonds is 5. The minimum atomic E-state index is -0.723. The van der Waals surface area contributed by atoms with Crippen LogP contribution in [0.25, 0.3) is 4.96 Å². The second kappa shape index (κ2) is 6.94.